The highest BCUT2D eigenvalue weighted by Gasteiger charge is 2.32. The second-order valence-electron chi connectivity index (χ2n) is 5.06. The molecule has 2 rings (SSSR count). The summed E-state index contributed by atoms with van der Waals surface area (Å²) in [6.45, 7) is 1.04. The molecule has 1 saturated heterocycles. The van der Waals surface area contributed by atoms with E-state index in [0.29, 0.717) is 25.4 Å². The summed E-state index contributed by atoms with van der Waals surface area (Å²) in [5.74, 6) is -0.426. The number of hydrogen-bond acceptors (Lipinski definition) is 5. The Bertz CT molecular complexity index is 625. The van der Waals surface area contributed by atoms with Gasteiger partial charge < -0.3 is 14.4 Å². The van der Waals surface area contributed by atoms with Gasteiger partial charge in [0.05, 0.1) is 43.1 Å². The molecule has 8 heteroatoms. The summed E-state index contributed by atoms with van der Waals surface area (Å²) in [5.41, 5.74) is -0.519. The Morgan fingerprint density at radius 1 is 1.52 bits per heavy atom. The molecule has 0 bridgehead atoms. The Balaban J connectivity index is 2.21. The number of ether oxygens (including phenoxy) is 2. The molecule has 1 atom stereocenters. The fourth-order valence-electron chi connectivity index (χ4n) is 2.41. The average Bonchev–Trinajstić information content (AvgIpc) is 2.53. The van der Waals surface area contributed by atoms with Crippen molar-refractivity contribution in [3.05, 3.63) is 29.3 Å². The quantitative estimate of drug-likeness (QED) is 0.797. The molecule has 124 valence electrons. The minimum Gasteiger partial charge on any atom is -0.469 e. The van der Waals surface area contributed by atoms with Gasteiger partial charge in [-0.25, -0.2) is 0 Å². The Labute approximate surface area is 131 Å². The van der Waals surface area contributed by atoms with Crippen LogP contribution in [0, 0.1) is 11.3 Å². The molecule has 0 N–H and O–H groups in total. The molecule has 23 heavy (non-hydrogen) atoms. The SMILES string of the molecule is COC(=O)C[C@@H]1CN(c2ccc(C(F)(F)F)cc2C#N)CCO1. The third-order valence-corrected chi connectivity index (χ3v) is 3.55. The number of anilines is 1. The van der Waals surface area contributed by atoms with Crippen molar-refractivity contribution in [2.24, 2.45) is 0 Å². The molecule has 0 spiro atoms. The standard InChI is InChI=1S/C15H15F3N2O3/c1-22-14(21)7-12-9-20(4-5-23-12)13-3-2-11(15(16,17)18)6-10(13)8-19/h2-3,6,12H,4-5,7,9H2,1H3/t12-/m1/s1. The first-order valence-corrected chi connectivity index (χ1v) is 6.90. The molecule has 0 unspecified atom stereocenters. The summed E-state index contributed by atoms with van der Waals surface area (Å²) in [4.78, 5) is 13.0. The van der Waals surface area contributed by atoms with Gasteiger partial charge in [-0.1, -0.05) is 0 Å². The lowest BCUT2D eigenvalue weighted by molar-refractivity contribution is -0.144. The van der Waals surface area contributed by atoms with E-state index in [1.807, 2.05) is 0 Å². The van der Waals surface area contributed by atoms with Crippen molar-refractivity contribution in [1.29, 1.82) is 5.26 Å². The lowest BCUT2D eigenvalue weighted by Crippen LogP contribution is -2.43. The van der Waals surface area contributed by atoms with E-state index in [-0.39, 0.29) is 12.0 Å². The molecular formula is C15H15F3N2O3. The number of hydrogen-bond donors (Lipinski definition) is 0. The molecule has 0 saturated carbocycles. The predicted octanol–water partition coefficient (Wildman–Crippen LogP) is 2.35. The van der Waals surface area contributed by atoms with Crippen LogP contribution in [-0.4, -0.2) is 38.9 Å². The third-order valence-electron chi connectivity index (χ3n) is 3.55. The van der Waals surface area contributed by atoms with Gasteiger partial charge in [0, 0.05) is 13.1 Å². The number of benzene rings is 1. The highest BCUT2D eigenvalue weighted by molar-refractivity contribution is 5.70. The molecule has 0 radical (unpaired) electrons. The van der Waals surface area contributed by atoms with Crippen molar-refractivity contribution in [1.82, 2.24) is 0 Å². The van der Waals surface area contributed by atoms with E-state index in [1.165, 1.54) is 13.2 Å². The van der Waals surface area contributed by atoms with Crippen LogP contribution in [0.3, 0.4) is 0 Å². The lowest BCUT2D eigenvalue weighted by atomic mass is 10.1. The number of nitrogens with zero attached hydrogens (tertiary/aromatic N) is 2. The molecule has 1 aliphatic rings. The van der Waals surface area contributed by atoms with Gasteiger partial charge in [0.2, 0.25) is 0 Å². The monoisotopic (exact) mass is 328 g/mol. The second-order valence-corrected chi connectivity index (χ2v) is 5.06. The number of methoxy groups -OCH3 is 1. The number of rotatable bonds is 3. The van der Waals surface area contributed by atoms with Gasteiger partial charge in [0.15, 0.2) is 0 Å². The van der Waals surface area contributed by atoms with Crippen LogP contribution in [0.5, 0.6) is 0 Å². The number of halogens is 3. The van der Waals surface area contributed by atoms with Crippen molar-refractivity contribution in [3.8, 4) is 6.07 Å². The number of alkyl halides is 3. The Morgan fingerprint density at radius 3 is 2.87 bits per heavy atom. The predicted molar refractivity (Wildman–Crippen MR) is 74.7 cm³/mol. The van der Waals surface area contributed by atoms with Crippen molar-refractivity contribution >= 4 is 11.7 Å². The average molecular weight is 328 g/mol. The van der Waals surface area contributed by atoms with Crippen molar-refractivity contribution in [3.63, 3.8) is 0 Å². The second kappa shape index (κ2) is 6.87. The molecule has 0 aromatic heterocycles. The van der Waals surface area contributed by atoms with Gasteiger partial charge in [0.25, 0.3) is 0 Å². The van der Waals surface area contributed by atoms with Crippen LogP contribution < -0.4 is 4.90 Å². The normalized spacial score (nSPS) is 18.4. The van der Waals surface area contributed by atoms with Crippen LogP contribution in [0.1, 0.15) is 17.5 Å². The van der Waals surface area contributed by atoms with Crippen molar-refractivity contribution < 1.29 is 27.4 Å². The van der Waals surface area contributed by atoms with Gasteiger partial charge in [-0.05, 0) is 18.2 Å². The van der Waals surface area contributed by atoms with Crippen LogP contribution in [0.4, 0.5) is 18.9 Å². The van der Waals surface area contributed by atoms with E-state index < -0.39 is 23.8 Å². The van der Waals surface area contributed by atoms with E-state index in [0.717, 1.165) is 12.1 Å². The molecule has 1 fully saturated rings. The highest BCUT2D eigenvalue weighted by atomic mass is 19.4. The number of esters is 1. The molecule has 0 amide bonds. The van der Waals surface area contributed by atoms with Crippen LogP contribution in [0.15, 0.2) is 18.2 Å². The highest BCUT2D eigenvalue weighted by Crippen LogP contribution is 2.33. The smallest absolute Gasteiger partial charge is 0.416 e. The molecule has 5 nitrogen and oxygen atoms in total. The van der Waals surface area contributed by atoms with Crippen LogP contribution in [0.2, 0.25) is 0 Å². The summed E-state index contributed by atoms with van der Waals surface area (Å²) in [5, 5.41) is 9.14. The Morgan fingerprint density at radius 2 is 2.26 bits per heavy atom. The maximum absolute atomic E-state index is 12.7. The van der Waals surface area contributed by atoms with E-state index >= 15 is 0 Å². The largest absolute Gasteiger partial charge is 0.469 e. The van der Waals surface area contributed by atoms with Crippen molar-refractivity contribution in [2.75, 3.05) is 31.7 Å². The fourth-order valence-corrected chi connectivity index (χ4v) is 2.41. The maximum atomic E-state index is 12.7. The maximum Gasteiger partial charge on any atom is 0.416 e. The zero-order valence-corrected chi connectivity index (χ0v) is 12.4. The summed E-state index contributed by atoms with van der Waals surface area (Å²) in [7, 11) is 1.27. The van der Waals surface area contributed by atoms with E-state index in [2.05, 4.69) is 4.74 Å². The summed E-state index contributed by atoms with van der Waals surface area (Å²) in [6, 6.07) is 4.86. The first-order valence-electron chi connectivity index (χ1n) is 6.90. The molecule has 1 aromatic carbocycles. The summed E-state index contributed by atoms with van der Waals surface area (Å²) >= 11 is 0. The van der Waals surface area contributed by atoms with Crippen LogP contribution >= 0.6 is 0 Å². The van der Waals surface area contributed by atoms with E-state index in [1.54, 1.807) is 11.0 Å². The summed E-state index contributed by atoms with van der Waals surface area (Å²) < 4.78 is 48.2. The molecule has 1 aliphatic heterocycles. The number of morpholine rings is 1. The Kier molecular flexibility index (Phi) is 5.11. The van der Waals surface area contributed by atoms with Gasteiger partial charge in [-0.15, -0.1) is 0 Å². The van der Waals surface area contributed by atoms with E-state index in [9.17, 15) is 18.0 Å². The first-order chi connectivity index (χ1) is 10.8. The summed E-state index contributed by atoms with van der Waals surface area (Å²) in [6.07, 6.45) is -4.87. The number of nitriles is 1. The third kappa shape index (κ3) is 4.13. The van der Waals surface area contributed by atoms with E-state index in [4.69, 9.17) is 10.00 Å². The number of carbonyl (C=O) groups excluding carboxylic acids is 1. The van der Waals surface area contributed by atoms with Gasteiger partial charge >= 0.3 is 12.1 Å². The number of carbonyl (C=O) groups is 1. The van der Waals surface area contributed by atoms with Gasteiger partial charge in [0.1, 0.15) is 6.07 Å². The van der Waals surface area contributed by atoms with Crippen molar-refractivity contribution in [2.45, 2.75) is 18.7 Å². The van der Waals surface area contributed by atoms with Gasteiger partial charge in [-0.3, -0.25) is 4.79 Å². The first kappa shape index (κ1) is 17.1. The lowest BCUT2D eigenvalue weighted by Gasteiger charge is -2.34. The fraction of sp³-hybridized carbons (Fsp3) is 0.467. The minimum absolute atomic E-state index is 0.0511. The van der Waals surface area contributed by atoms with Crippen LogP contribution in [-0.2, 0) is 20.4 Å². The minimum atomic E-state index is -4.50. The zero-order valence-electron chi connectivity index (χ0n) is 12.4. The topological polar surface area (TPSA) is 62.6 Å². The molecule has 0 aliphatic carbocycles. The molecule has 1 heterocycles. The van der Waals surface area contributed by atoms with Gasteiger partial charge in [-0.2, -0.15) is 18.4 Å². The molecular weight excluding hydrogens is 313 g/mol. The Hall–Kier alpha value is -2.27. The zero-order chi connectivity index (χ0) is 17.0. The molecule has 1 aromatic rings. The van der Waals surface area contributed by atoms with Crippen LogP contribution in [0.25, 0.3) is 0 Å².